The Morgan fingerprint density at radius 2 is 2.14 bits per heavy atom. The second-order valence-corrected chi connectivity index (χ2v) is 6.67. The number of halogens is 1. The van der Waals surface area contributed by atoms with E-state index in [1.165, 1.54) is 5.56 Å². The Kier molecular flexibility index (Phi) is 8.86. The highest BCUT2D eigenvalue weighted by Crippen LogP contribution is 2.35. The molecule has 0 radical (unpaired) electrons. The topological polar surface area (TPSA) is 41.6 Å². The highest BCUT2D eigenvalue weighted by Gasteiger charge is 2.32. The number of carbonyl (C=O) groups is 1. The van der Waals surface area contributed by atoms with Crippen LogP contribution in [0.4, 0.5) is 0 Å². The van der Waals surface area contributed by atoms with Crippen molar-refractivity contribution >= 4 is 30.1 Å². The highest BCUT2D eigenvalue weighted by molar-refractivity contribution is 8.00. The summed E-state index contributed by atoms with van der Waals surface area (Å²) in [5.41, 5.74) is 1.22. The molecular formula is C16H25ClN2O2S. The number of rotatable bonds is 6. The molecule has 2 rings (SSSR count). The van der Waals surface area contributed by atoms with Gasteiger partial charge in [0.2, 0.25) is 5.91 Å². The average Bonchev–Trinajstić information content (AvgIpc) is 2.52. The number of nitrogens with one attached hydrogen (secondary N) is 1. The van der Waals surface area contributed by atoms with Gasteiger partial charge in [-0.05, 0) is 5.56 Å². The lowest BCUT2D eigenvalue weighted by molar-refractivity contribution is -0.132. The smallest absolute Gasteiger partial charge is 0.237 e. The molecule has 0 bridgehead atoms. The number of hydrogen-bond donors (Lipinski definition) is 1. The molecule has 2 atom stereocenters. The first kappa shape index (κ1) is 19.3. The van der Waals surface area contributed by atoms with E-state index >= 15 is 0 Å². The number of nitrogens with zero attached hydrogens (tertiary/aromatic N) is 1. The van der Waals surface area contributed by atoms with E-state index in [4.69, 9.17) is 4.74 Å². The van der Waals surface area contributed by atoms with E-state index in [9.17, 15) is 4.79 Å². The molecule has 1 fully saturated rings. The maximum absolute atomic E-state index is 12.5. The minimum Gasteiger partial charge on any atom is -0.383 e. The van der Waals surface area contributed by atoms with E-state index in [2.05, 4.69) is 24.4 Å². The maximum atomic E-state index is 12.5. The van der Waals surface area contributed by atoms with Gasteiger partial charge in [0.15, 0.2) is 0 Å². The number of hydrogen-bond acceptors (Lipinski definition) is 4. The zero-order chi connectivity index (χ0) is 15.1. The quantitative estimate of drug-likeness (QED) is 0.804. The fourth-order valence-corrected chi connectivity index (χ4v) is 3.83. The average molecular weight is 345 g/mol. The van der Waals surface area contributed by atoms with Crippen LogP contribution in [-0.2, 0) is 9.53 Å². The van der Waals surface area contributed by atoms with E-state index < -0.39 is 0 Å². The SMILES string of the molecule is COCCNCC(=O)N1CCSC(C)C1c1ccccc1.Cl. The lowest BCUT2D eigenvalue weighted by Gasteiger charge is -2.40. The fourth-order valence-electron chi connectivity index (χ4n) is 2.67. The highest BCUT2D eigenvalue weighted by atomic mass is 35.5. The van der Waals surface area contributed by atoms with Crippen molar-refractivity contribution in [3.63, 3.8) is 0 Å². The van der Waals surface area contributed by atoms with Crippen LogP contribution in [0.2, 0.25) is 0 Å². The molecule has 0 spiro atoms. The van der Waals surface area contributed by atoms with Gasteiger partial charge >= 0.3 is 0 Å². The van der Waals surface area contributed by atoms with Gasteiger partial charge in [0, 0.05) is 31.2 Å². The first-order valence-corrected chi connectivity index (χ1v) is 8.44. The van der Waals surface area contributed by atoms with Gasteiger partial charge in [0.25, 0.3) is 0 Å². The Morgan fingerprint density at radius 3 is 2.82 bits per heavy atom. The predicted octanol–water partition coefficient (Wildman–Crippen LogP) is 2.35. The van der Waals surface area contributed by atoms with E-state index in [1.807, 2.05) is 34.9 Å². The molecule has 1 N–H and O–H groups in total. The number of benzene rings is 1. The number of ether oxygens (including phenoxy) is 1. The summed E-state index contributed by atoms with van der Waals surface area (Å²) in [6, 6.07) is 10.5. The largest absolute Gasteiger partial charge is 0.383 e. The number of carbonyl (C=O) groups excluding carboxylic acids is 1. The van der Waals surface area contributed by atoms with Crippen LogP contribution in [0.3, 0.4) is 0 Å². The summed E-state index contributed by atoms with van der Waals surface area (Å²) in [5, 5.41) is 3.57. The molecule has 1 saturated heterocycles. The van der Waals surface area contributed by atoms with Crippen molar-refractivity contribution in [3.05, 3.63) is 35.9 Å². The predicted molar refractivity (Wildman–Crippen MR) is 94.8 cm³/mol. The molecule has 2 unspecified atom stereocenters. The van der Waals surface area contributed by atoms with Gasteiger partial charge in [-0.1, -0.05) is 37.3 Å². The number of methoxy groups -OCH3 is 1. The van der Waals surface area contributed by atoms with Crippen molar-refractivity contribution in [1.29, 1.82) is 0 Å². The molecular weight excluding hydrogens is 320 g/mol. The van der Waals surface area contributed by atoms with Crippen molar-refractivity contribution in [1.82, 2.24) is 10.2 Å². The van der Waals surface area contributed by atoms with Crippen LogP contribution >= 0.6 is 24.2 Å². The van der Waals surface area contributed by atoms with Crippen LogP contribution in [0.5, 0.6) is 0 Å². The maximum Gasteiger partial charge on any atom is 0.237 e. The lowest BCUT2D eigenvalue weighted by Crippen LogP contribution is -2.47. The first-order valence-electron chi connectivity index (χ1n) is 7.39. The number of thioether (sulfide) groups is 1. The third-order valence-corrected chi connectivity index (χ3v) is 4.92. The summed E-state index contributed by atoms with van der Waals surface area (Å²) in [5.74, 6) is 1.18. The Morgan fingerprint density at radius 1 is 1.41 bits per heavy atom. The second kappa shape index (κ2) is 10.1. The lowest BCUT2D eigenvalue weighted by atomic mass is 10.0. The Labute approximate surface area is 143 Å². The summed E-state index contributed by atoms with van der Waals surface area (Å²) in [6.07, 6.45) is 0. The molecule has 1 aliphatic rings. The zero-order valence-corrected chi connectivity index (χ0v) is 14.8. The molecule has 22 heavy (non-hydrogen) atoms. The third kappa shape index (κ3) is 5.16. The summed E-state index contributed by atoms with van der Waals surface area (Å²) in [6.45, 7) is 4.74. The summed E-state index contributed by atoms with van der Waals surface area (Å²) in [4.78, 5) is 14.5. The molecule has 1 aliphatic heterocycles. The Hall–Kier alpha value is -0.750. The normalized spacial score (nSPS) is 21.3. The van der Waals surface area contributed by atoms with Crippen LogP contribution in [-0.4, -0.2) is 55.2 Å². The van der Waals surface area contributed by atoms with Crippen LogP contribution in [0.15, 0.2) is 30.3 Å². The molecule has 1 amide bonds. The van der Waals surface area contributed by atoms with Gasteiger partial charge in [-0.25, -0.2) is 0 Å². The van der Waals surface area contributed by atoms with Crippen LogP contribution in [0, 0.1) is 0 Å². The van der Waals surface area contributed by atoms with Crippen LogP contribution in [0.25, 0.3) is 0 Å². The zero-order valence-electron chi connectivity index (χ0n) is 13.2. The second-order valence-electron chi connectivity index (χ2n) is 5.19. The molecule has 0 aromatic heterocycles. The monoisotopic (exact) mass is 344 g/mol. The first-order chi connectivity index (χ1) is 10.2. The van der Waals surface area contributed by atoms with E-state index in [0.717, 1.165) is 12.3 Å². The van der Waals surface area contributed by atoms with Crippen molar-refractivity contribution in [2.45, 2.75) is 18.2 Å². The minimum atomic E-state index is 0. The van der Waals surface area contributed by atoms with Gasteiger partial charge < -0.3 is 15.0 Å². The van der Waals surface area contributed by atoms with Gasteiger partial charge in [-0.2, -0.15) is 11.8 Å². The Balaban J connectivity index is 0.00000242. The molecule has 4 nitrogen and oxygen atoms in total. The van der Waals surface area contributed by atoms with Crippen molar-refractivity contribution in [3.8, 4) is 0 Å². The van der Waals surface area contributed by atoms with Crippen molar-refractivity contribution < 1.29 is 9.53 Å². The van der Waals surface area contributed by atoms with Gasteiger partial charge in [0.1, 0.15) is 0 Å². The van der Waals surface area contributed by atoms with Crippen LogP contribution in [0.1, 0.15) is 18.5 Å². The van der Waals surface area contributed by atoms with E-state index in [0.29, 0.717) is 24.9 Å². The summed E-state index contributed by atoms with van der Waals surface area (Å²) in [7, 11) is 1.67. The van der Waals surface area contributed by atoms with E-state index in [-0.39, 0.29) is 24.4 Å². The molecule has 1 aromatic rings. The van der Waals surface area contributed by atoms with Gasteiger partial charge in [-0.3, -0.25) is 4.79 Å². The van der Waals surface area contributed by atoms with Crippen molar-refractivity contribution in [2.24, 2.45) is 0 Å². The standard InChI is InChI=1S/C16H24N2O2S.ClH/c1-13-16(14-6-4-3-5-7-14)18(9-11-21-13)15(19)12-17-8-10-20-2;/h3-7,13,16-17H,8-12H2,1-2H3;1H. The molecule has 1 heterocycles. The van der Waals surface area contributed by atoms with Gasteiger partial charge in [0.05, 0.1) is 19.2 Å². The Bertz CT molecular complexity index is 447. The summed E-state index contributed by atoms with van der Waals surface area (Å²) < 4.78 is 4.99. The molecule has 124 valence electrons. The third-order valence-electron chi connectivity index (χ3n) is 3.71. The van der Waals surface area contributed by atoms with E-state index in [1.54, 1.807) is 7.11 Å². The van der Waals surface area contributed by atoms with Gasteiger partial charge in [-0.15, -0.1) is 12.4 Å². The molecule has 0 aliphatic carbocycles. The number of amides is 1. The molecule has 1 aromatic carbocycles. The van der Waals surface area contributed by atoms with Crippen LogP contribution < -0.4 is 5.32 Å². The molecule has 6 heteroatoms. The minimum absolute atomic E-state index is 0. The fraction of sp³-hybridized carbons (Fsp3) is 0.562. The molecule has 0 saturated carbocycles. The van der Waals surface area contributed by atoms with Crippen molar-refractivity contribution in [2.75, 3.05) is 39.1 Å². The summed E-state index contributed by atoms with van der Waals surface area (Å²) >= 11 is 1.94.